The molecule has 0 spiro atoms. The average Bonchev–Trinajstić information content (AvgIpc) is 2.77. The zero-order valence-electron chi connectivity index (χ0n) is 11.1. The first-order chi connectivity index (χ1) is 8.53. The highest BCUT2D eigenvalue weighted by Crippen LogP contribution is 2.31. The number of aryl methyl sites for hydroxylation is 2. The Kier molecular flexibility index (Phi) is 3.83. The molecule has 2 rings (SSSR count). The van der Waals surface area contributed by atoms with Crippen molar-refractivity contribution in [1.82, 2.24) is 4.98 Å². The molecule has 18 heavy (non-hydrogen) atoms. The van der Waals surface area contributed by atoms with E-state index >= 15 is 0 Å². The summed E-state index contributed by atoms with van der Waals surface area (Å²) in [5.41, 5.74) is 2.48. The molecule has 1 unspecified atom stereocenters. The van der Waals surface area contributed by atoms with Crippen LogP contribution in [-0.2, 0) is 18.4 Å². The van der Waals surface area contributed by atoms with Gasteiger partial charge in [-0.1, -0.05) is 13.0 Å². The van der Waals surface area contributed by atoms with E-state index in [-0.39, 0.29) is 0 Å². The molecule has 96 valence electrons. The summed E-state index contributed by atoms with van der Waals surface area (Å²) >= 11 is 1.61. The minimum atomic E-state index is -0.834. The fourth-order valence-corrected chi connectivity index (χ4v) is 3.11. The zero-order chi connectivity index (χ0) is 13.2. The largest absolute Gasteiger partial charge is 0.384 e. The van der Waals surface area contributed by atoms with Gasteiger partial charge in [-0.3, -0.25) is 4.98 Å². The van der Waals surface area contributed by atoms with Crippen molar-refractivity contribution < 1.29 is 5.11 Å². The molecule has 1 N–H and O–H groups in total. The highest BCUT2D eigenvalue weighted by atomic mass is 32.1. The van der Waals surface area contributed by atoms with Gasteiger partial charge in [-0.15, -0.1) is 11.3 Å². The van der Waals surface area contributed by atoms with Crippen LogP contribution in [0, 0.1) is 6.92 Å². The van der Waals surface area contributed by atoms with Crippen LogP contribution in [0.3, 0.4) is 0 Å². The topological polar surface area (TPSA) is 33.1 Å². The number of rotatable bonds is 4. The van der Waals surface area contributed by atoms with Gasteiger partial charge in [0, 0.05) is 23.2 Å². The molecule has 0 radical (unpaired) electrons. The second kappa shape index (κ2) is 5.21. The standard InChI is InChI=1S/C15H19NOS/c1-4-12-5-6-13(16-10-12)9-15(3,17)14-11(2)7-8-18-14/h5-8,10,17H,4,9H2,1-3H3. The first-order valence-electron chi connectivity index (χ1n) is 6.23. The summed E-state index contributed by atoms with van der Waals surface area (Å²) in [6.07, 6.45) is 3.44. The molecule has 2 aromatic rings. The Bertz CT molecular complexity index is 514. The van der Waals surface area contributed by atoms with Gasteiger partial charge < -0.3 is 5.11 Å². The fourth-order valence-electron chi connectivity index (χ4n) is 2.13. The van der Waals surface area contributed by atoms with Crippen molar-refractivity contribution in [3.8, 4) is 0 Å². The molecular weight excluding hydrogens is 242 g/mol. The van der Waals surface area contributed by atoms with Crippen molar-refractivity contribution >= 4 is 11.3 Å². The van der Waals surface area contributed by atoms with E-state index in [4.69, 9.17) is 0 Å². The van der Waals surface area contributed by atoms with E-state index in [0.717, 1.165) is 22.6 Å². The van der Waals surface area contributed by atoms with Crippen molar-refractivity contribution in [2.75, 3.05) is 0 Å². The molecule has 2 nitrogen and oxygen atoms in total. The summed E-state index contributed by atoms with van der Waals surface area (Å²) in [4.78, 5) is 5.45. The van der Waals surface area contributed by atoms with Gasteiger partial charge in [-0.25, -0.2) is 0 Å². The highest BCUT2D eigenvalue weighted by molar-refractivity contribution is 7.10. The lowest BCUT2D eigenvalue weighted by molar-refractivity contribution is 0.0599. The number of hydrogen-bond donors (Lipinski definition) is 1. The van der Waals surface area contributed by atoms with Gasteiger partial charge in [0.25, 0.3) is 0 Å². The monoisotopic (exact) mass is 261 g/mol. The lowest BCUT2D eigenvalue weighted by Crippen LogP contribution is -2.24. The highest BCUT2D eigenvalue weighted by Gasteiger charge is 2.27. The number of hydrogen-bond acceptors (Lipinski definition) is 3. The molecule has 2 heterocycles. The number of nitrogens with zero attached hydrogens (tertiary/aromatic N) is 1. The summed E-state index contributed by atoms with van der Waals surface area (Å²) in [7, 11) is 0. The number of aliphatic hydroxyl groups is 1. The maximum Gasteiger partial charge on any atom is 0.102 e. The summed E-state index contributed by atoms with van der Waals surface area (Å²) in [5, 5.41) is 12.6. The summed E-state index contributed by atoms with van der Waals surface area (Å²) in [6, 6.07) is 6.14. The van der Waals surface area contributed by atoms with Crippen LogP contribution < -0.4 is 0 Å². The van der Waals surface area contributed by atoms with Crippen LogP contribution in [0.2, 0.25) is 0 Å². The number of pyridine rings is 1. The fraction of sp³-hybridized carbons (Fsp3) is 0.400. The first-order valence-corrected chi connectivity index (χ1v) is 7.11. The molecule has 0 fully saturated rings. The molecule has 0 amide bonds. The predicted octanol–water partition coefficient (Wildman–Crippen LogP) is 3.46. The third kappa shape index (κ3) is 2.79. The Morgan fingerprint density at radius 1 is 1.33 bits per heavy atom. The van der Waals surface area contributed by atoms with E-state index in [2.05, 4.69) is 18.0 Å². The predicted molar refractivity (Wildman–Crippen MR) is 75.9 cm³/mol. The van der Waals surface area contributed by atoms with Crippen LogP contribution in [0.25, 0.3) is 0 Å². The summed E-state index contributed by atoms with van der Waals surface area (Å²) < 4.78 is 0. The molecule has 0 bridgehead atoms. The molecule has 0 saturated heterocycles. The molecule has 0 aromatic carbocycles. The Labute approximate surface area is 112 Å². The van der Waals surface area contributed by atoms with Gasteiger partial charge in [0.15, 0.2) is 0 Å². The SMILES string of the molecule is CCc1ccc(CC(C)(O)c2sccc2C)nc1. The molecule has 0 saturated carbocycles. The summed E-state index contributed by atoms with van der Waals surface area (Å²) in [5.74, 6) is 0. The minimum Gasteiger partial charge on any atom is -0.384 e. The van der Waals surface area contributed by atoms with Gasteiger partial charge in [0.2, 0.25) is 0 Å². The average molecular weight is 261 g/mol. The van der Waals surface area contributed by atoms with E-state index < -0.39 is 5.60 Å². The Hall–Kier alpha value is -1.19. The van der Waals surface area contributed by atoms with Gasteiger partial charge in [-0.05, 0) is 48.9 Å². The van der Waals surface area contributed by atoms with Crippen LogP contribution in [0.1, 0.15) is 35.5 Å². The van der Waals surface area contributed by atoms with Crippen LogP contribution in [0.4, 0.5) is 0 Å². The first kappa shape index (κ1) is 13.2. The van der Waals surface area contributed by atoms with Crippen molar-refractivity contribution in [3.63, 3.8) is 0 Å². The second-order valence-corrected chi connectivity index (χ2v) is 5.81. The van der Waals surface area contributed by atoms with Crippen molar-refractivity contribution in [1.29, 1.82) is 0 Å². The van der Waals surface area contributed by atoms with Gasteiger partial charge in [-0.2, -0.15) is 0 Å². The molecule has 0 aliphatic carbocycles. The van der Waals surface area contributed by atoms with Gasteiger partial charge in [0.1, 0.15) is 5.60 Å². The molecule has 0 aliphatic rings. The maximum atomic E-state index is 10.6. The second-order valence-electron chi connectivity index (χ2n) is 4.89. The third-order valence-electron chi connectivity index (χ3n) is 3.17. The smallest absolute Gasteiger partial charge is 0.102 e. The van der Waals surface area contributed by atoms with Crippen molar-refractivity contribution in [2.45, 2.75) is 39.2 Å². The van der Waals surface area contributed by atoms with Gasteiger partial charge >= 0.3 is 0 Å². The lowest BCUT2D eigenvalue weighted by atomic mass is 9.95. The van der Waals surface area contributed by atoms with Crippen LogP contribution in [-0.4, -0.2) is 10.1 Å². The zero-order valence-corrected chi connectivity index (χ0v) is 11.9. The van der Waals surface area contributed by atoms with E-state index in [1.807, 2.05) is 37.6 Å². The van der Waals surface area contributed by atoms with E-state index in [9.17, 15) is 5.11 Å². The molecule has 0 aliphatic heterocycles. The number of aromatic nitrogens is 1. The summed E-state index contributed by atoms with van der Waals surface area (Å²) in [6.45, 7) is 6.01. The van der Waals surface area contributed by atoms with Crippen LogP contribution in [0.15, 0.2) is 29.8 Å². The van der Waals surface area contributed by atoms with E-state index in [0.29, 0.717) is 6.42 Å². The Morgan fingerprint density at radius 3 is 2.61 bits per heavy atom. The molecule has 2 aromatic heterocycles. The molecule has 3 heteroatoms. The van der Waals surface area contributed by atoms with Crippen molar-refractivity contribution in [2.24, 2.45) is 0 Å². The quantitative estimate of drug-likeness (QED) is 0.914. The van der Waals surface area contributed by atoms with E-state index in [1.165, 1.54) is 5.56 Å². The third-order valence-corrected chi connectivity index (χ3v) is 4.44. The normalized spacial score (nSPS) is 14.4. The number of thiophene rings is 1. The lowest BCUT2D eigenvalue weighted by Gasteiger charge is -2.22. The molecular formula is C15H19NOS. The van der Waals surface area contributed by atoms with Crippen LogP contribution in [0.5, 0.6) is 0 Å². The maximum absolute atomic E-state index is 10.6. The minimum absolute atomic E-state index is 0.554. The van der Waals surface area contributed by atoms with Crippen molar-refractivity contribution in [3.05, 3.63) is 51.5 Å². The Morgan fingerprint density at radius 2 is 2.11 bits per heavy atom. The van der Waals surface area contributed by atoms with Gasteiger partial charge in [0.05, 0.1) is 0 Å². The van der Waals surface area contributed by atoms with E-state index in [1.54, 1.807) is 11.3 Å². The Balaban J connectivity index is 2.19. The van der Waals surface area contributed by atoms with Crippen LogP contribution >= 0.6 is 11.3 Å². The molecule has 1 atom stereocenters.